The van der Waals surface area contributed by atoms with Gasteiger partial charge in [-0.15, -0.1) is 0 Å². The van der Waals surface area contributed by atoms with E-state index in [1.807, 2.05) is 19.1 Å². The Hall–Kier alpha value is -0.970. The highest BCUT2D eigenvalue weighted by molar-refractivity contribution is 5.25. The summed E-state index contributed by atoms with van der Waals surface area (Å²) in [5.41, 5.74) is 1.14. The van der Waals surface area contributed by atoms with Crippen LogP contribution in [0.5, 0.6) is 0 Å². The average molecular weight is 294 g/mol. The van der Waals surface area contributed by atoms with Gasteiger partial charge < -0.3 is 15.3 Å². The highest BCUT2D eigenvalue weighted by Gasteiger charge is 2.31. The van der Waals surface area contributed by atoms with E-state index in [9.17, 15) is 9.50 Å². The minimum atomic E-state index is -0.552. The van der Waals surface area contributed by atoms with Gasteiger partial charge >= 0.3 is 0 Å². The van der Waals surface area contributed by atoms with Crippen LogP contribution in [0.2, 0.25) is 0 Å². The predicted octanol–water partition coefficient (Wildman–Crippen LogP) is 2.63. The van der Waals surface area contributed by atoms with Gasteiger partial charge in [-0.2, -0.15) is 0 Å². The number of hydrogen-bond acceptors (Lipinski definition) is 3. The summed E-state index contributed by atoms with van der Waals surface area (Å²) in [4.78, 5) is 2.29. The maximum atomic E-state index is 13.8. The van der Waals surface area contributed by atoms with Crippen molar-refractivity contribution in [2.24, 2.45) is 0 Å². The lowest BCUT2D eigenvalue weighted by molar-refractivity contribution is 0.0683. The predicted molar refractivity (Wildman–Crippen MR) is 83.9 cm³/mol. The van der Waals surface area contributed by atoms with E-state index < -0.39 is 5.60 Å². The van der Waals surface area contributed by atoms with E-state index in [4.69, 9.17) is 0 Å². The van der Waals surface area contributed by atoms with Gasteiger partial charge in [-0.05, 0) is 50.4 Å². The van der Waals surface area contributed by atoms with Crippen LogP contribution in [0.3, 0.4) is 0 Å². The van der Waals surface area contributed by atoms with Gasteiger partial charge in [-0.3, -0.25) is 0 Å². The number of aliphatic hydroxyl groups is 1. The summed E-state index contributed by atoms with van der Waals surface area (Å²) in [5.74, 6) is -0.139. The Balaban J connectivity index is 1.97. The van der Waals surface area contributed by atoms with Crippen LogP contribution < -0.4 is 5.32 Å². The largest absolute Gasteiger partial charge is 0.389 e. The SMILES string of the molecule is CCNC(CCN1CCC(C)(O)C1)c1ccc(C)c(F)c1. The minimum Gasteiger partial charge on any atom is -0.389 e. The molecule has 2 rings (SSSR count). The van der Waals surface area contributed by atoms with E-state index in [1.165, 1.54) is 0 Å². The van der Waals surface area contributed by atoms with Gasteiger partial charge in [0.1, 0.15) is 5.82 Å². The first-order valence-electron chi connectivity index (χ1n) is 7.85. The molecule has 21 heavy (non-hydrogen) atoms. The number of benzene rings is 1. The molecule has 3 nitrogen and oxygen atoms in total. The fourth-order valence-corrected chi connectivity index (χ4v) is 3.00. The lowest BCUT2D eigenvalue weighted by Crippen LogP contribution is -2.32. The molecule has 1 aromatic rings. The highest BCUT2D eigenvalue weighted by atomic mass is 19.1. The Morgan fingerprint density at radius 1 is 1.48 bits per heavy atom. The first-order valence-corrected chi connectivity index (χ1v) is 7.85. The first-order chi connectivity index (χ1) is 9.91. The first kappa shape index (κ1) is 16.4. The van der Waals surface area contributed by atoms with E-state index >= 15 is 0 Å². The zero-order chi connectivity index (χ0) is 15.5. The Kier molecular flexibility index (Phi) is 5.36. The number of aryl methyl sites for hydroxylation is 1. The molecule has 1 aliphatic rings. The lowest BCUT2D eigenvalue weighted by atomic mass is 10.0. The zero-order valence-corrected chi connectivity index (χ0v) is 13.3. The van der Waals surface area contributed by atoms with Crippen molar-refractivity contribution in [2.45, 2.75) is 45.3 Å². The quantitative estimate of drug-likeness (QED) is 0.846. The second kappa shape index (κ2) is 6.86. The molecule has 4 heteroatoms. The molecule has 0 aliphatic carbocycles. The van der Waals surface area contributed by atoms with Crippen molar-refractivity contribution in [1.29, 1.82) is 0 Å². The van der Waals surface area contributed by atoms with Crippen molar-refractivity contribution in [1.82, 2.24) is 10.2 Å². The normalized spacial score (nSPS) is 24.4. The summed E-state index contributed by atoms with van der Waals surface area (Å²) in [6.07, 6.45) is 1.75. The standard InChI is InChI=1S/C17H27FN2O/c1-4-19-16(14-6-5-13(2)15(18)11-14)7-9-20-10-8-17(3,21)12-20/h5-6,11,16,19,21H,4,7-10,12H2,1-3H3. The third-order valence-electron chi connectivity index (χ3n) is 4.31. The Morgan fingerprint density at radius 2 is 2.24 bits per heavy atom. The van der Waals surface area contributed by atoms with Crippen molar-refractivity contribution in [2.75, 3.05) is 26.2 Å². The maximum absolute atomic E-state index is 13.8. The van der Waals surface area contributed by atoms with Crippen molar-refractivity contribution in [3.05, 3.63) is 35.1 Å². The Bertz CT molecular complexity index is 476. The van der Waals surface area contributed by atoms with E-state index in [1.54, 1.807) is 13.0 Å². The van der Waals surface area contributed by atoms with Crippen LogP contribution in [0, 0.1) is 12.7 Å². The van der Waals surface area contributed by atoms with Crippen molar-refractivity contribution >= 4 is 0 Å². The molecule has 1 heterocycles. The molecular weight excluding hydrogens is 267 g/mol. The molecule has 1 aromatic carbocycles. The molecule has 0 bridgehead atoms. The van der Waals surface area contributed by atoms with E-state index in [0.29, 0.717) is 5.56 Å². The molecule has 118 valence electrons. The summed E-state index contributed by atoms with van der Waals surface area (Å²) >= 11 is 0. The molecule has 0 saturated carbocycles. The fourth-order valence-electron chi connectivity index (χ4n) is 3.00. The molecule has 0 aromatic heterocycles. The molecule has 2 N–H and O–H groups in total. The second-order valence-electron chi connectivity index (χ2n) is 6.43. The number of hydrogen-bond donors (Lipinski definition) is 2. The third-order valence-corrected chi connectivity index (χ3v) is 4.31. The number of β-amino-alcohol motifs (C(OH)–C–C–N with tert-alkyl or cyclic N) is 1. The second-order valence-corrected chi connectivity index (χ2v) is 6.43. The summed E-state index contributed by atoms with van der Waals surface area (Å²) in [7, 11) is 0. The molecule has 1 saturated heterocycles. The molecule has 0 amide bonds. The monoisotopic (exact) mass is 294 g/mol. The van der Waals surface area contributed by atoms with Crippen LogP contribution in [-0.4, -0.2) is 41.8 Å². The van der Waals surface area contributed by atoms with Gasteiger partial charge in [-0.25, -0.2) is 4.39 Å². The average Bonchev–Trinajstić information content (AvgIpc) is 2.77. The number of nitrogens with one attached hydrogen (secondary N) is 1. The van der Waals surface area contributed by atoms with Gasteiger partial charge in [-0.1, -0.05) is 19.1 Å². The Labute approximate surface area is 127 Å². The molecule has 2 unspecified atom stereocenters. The smallest absolute Gasteiger partial charge is 0.126 e. The maximum Gasteiger partial charge on any atom is 0.126 e. The number of halogens is 1. The molecule has 1 aliphatic heterocycles. The molecule has 1 fully saturated rings. The fraction of sp³-hybridized carbons (Fsp3) is 0.647. The van der Waals surface area contributed by atoms with Gasteiger partial charge in [0.05, 0.1) is 5.60 Å². The van der Waals surface area contributed by atoms with Crippen LogP contribution >= 0.6 is 0 Å². The van der Waals surface area contributed by atoms with E-state index in [0.717, 1.165) is 44.6 Å². The summed E-state index contributed by atoms with van der Waals surface area (Å²) in [5, 5.41) is 13.4. The summed E-state index contributed by atoms with van der Waals surface area (Å²) in [6, 6.07) is 5.65. The minimum absolute atomic E-state index is 0.139. The molecule has 0 radical (unpaired) electrons. The van der Waals surface area contributed by atoms with Crippen molar-refractivity contribution < 1.29 is 9.50 Å². The number of likely N-dealkylation sites (tertiary alicyclic amines) is 1. The molecule has 2 atom stereocenters. The molecule has 0 spiro atoms. The van der Waals surface area contributed by atoms with Crippen LogP contribution in [0.15, 0.2) is 18.2 Å². The lowest BCUT2D eigenvalue weighted by Gasteiger charge is -2.23. The van der Waals surface area contributed by atoms with Crippen LogP contribution in [0.4, 0.5) is 4.39 Å². The molecular formula is C17H27FN2O. The summed E-state index contributed by atoms with van der Waals surface area (Å²) < 4.78 is 13.8. The highest BCUT2D eigenvalue weighted by Crippen LogP contribution is 2.24. The Morgan fingerprint density at radius 3 is 2.81 bits per heavy atom. The zero-order valence-electron chi connectivity index (χ0n) is 13.3. The van der Waals surface area contributed by atoms with Gasteiger partial charge in [0.15, 0.2) is 0 Å². The van der Waals surface area contributed by atoms with Crippen LogP contribution in [0.25, 0.3) is 0 Å². The van der Waals surface area contributed by atoms with Crippen molar-refractivity contribution in [3.8, 4) is 0 Å². The van der Waals surface area contributed by atoms with E-state index in [-0.39, 0.29) is 11.9 Å². The van der Waals surface area contributed by atoms with Gasteiger partial charge in [0.2, 0.25) is 0 Å². The van der Waals surface area contributed by atoms with Gasteiger partial charge in [0, 0.05) is 25.7 Å². The van der Waals surface area contributed by atoms with Crippen LogP contribution in [0.1, 0.15) is 43.9 Å². The van der Waals surface area contributed by atoms with E-state index in [2.05, 4.69) is 17.1 Å². The van der Waals surface area contributed by atoms with Crippen LogP contribution in [-0.2, 0) is 0 Å². The number of rotatable bonds is 6. The third kappa shape index (κ3) is 4.50. The van der Waals surface area contributed by atoms with Gasteiger partial charge in [0.25, 0.3) is 0 Å². The summed E-state index contributed by atoms with van der Waals surface area (Å²) in [6.45, 7) is 9.19. The number of nitrogens with zero attached hydrogens (tertiary/aromatic N) is 1. The topological polar surface area (TPSA) is 35.5 Å². The van der Waals surface area contributed by atoms with Crippen molar-refractivity contribution in [3.63, 3.8) is 0 Å².